The van der Waals surface area contributed by atoms with Gasteiger partial charge in [-0.25, -0.2) is 13.1 Å². The maximum atomic E-state index is 12.2. The lowest BCUT2D eigenvalue weighted by Gasteiger charge is -2.30. The van der Waals surface area contributed by atoms with E-state index < -0.39 is 10.0 Å². The first-order chi connectivity index (χ1) is 10.8. The summed E-state index contributed by atoms with van der Waals surface area (Å²) in [6.45, 7) is 2.71. The topological polar surface area (TPSA) is 95.6 Å². The molecular formula is C15H21N3O4S. The summed E-state index contributed by atoms with van der Waals surface area (Å²) in [7, 11) is -2.13. The van der Waals surface area contributed by atoms with Gasteiger partial charge in [0.1, 0.15) is 0 Å². The van der Waals surface area contributed by atoms with Gasteiger partial charge >= 0.3 is 0 Å². The van der Waals surface area contributed by atoms with Gasteiger partial charge in [0.2, 0.25) is 21.8 Å². The highest BCUT2D eigenvalue weighted by Gasteiger charge is 2.26. The number of nitrogens with zero attached hydrogens (tertiary/aromatic N) is 1. The molecule has 0 spiro atoms. The van der Waals surface area contributed by atoms with Crippen LogP contribution in [0.15, 0.2) is 29.2 Å². The number of sulfonamides is 1. The van der Waals surface area contributed by atoms with E-state index in [0.717, 1.165) is 0 Å². The summed E-state index contributed by atoms with van der Waals surface area (Å²) < 4.78 is 25.5. The van der Waals surface area contributed by atoms with Gasteiger partial charge in [-0.1, -0.05) is 0 Å². The second-order valence-corrected chi connectivity index (χ2v) is 7.39. The van der Waals surface area contributed by atoms with Gasteiger partial charge in [-0.2, -0.15) is 0 Å². The highest BCUT2D eigenvalue weighted by molar-refractivity contribution is 7.89. The average molecular weight is 339 g/mol. The van der Waals surface area contributed by atoms with Crippen LogP contribution < -0.4 is 10.0 Å². The lowest BCUT2D eigenvalue weighted by Crippen LogP contribution is -2.40. The smallest absolute Gasteiger partial charge is 0.240 e. The quantitative estimate of drug-likeness (QED) is 0.848. The van der Waals surface area contributed by atoms with Crippen molar-refractivity contribution in [2.24, 2.45) is 5.92 Å². The predicted molar refractivity (Wildman–Crippen MR) is 86.3 cm³/mol. The zero-order valence-electron chi connectivity index (χ0n) is 13.2. The Hall–Kier alpha value is -1.93. The zero-order chi connectivity index (χ0) is 17.0. The van der Waals surface area contributed by atoms with Crippen LogP contribution in [0.5, 0.6) is 0 Å². The number of likely N-dealkylation sites (tertiary alicyclic amines) is 1. The number of hydrogen-bond acceptors (Lipinski definition) is 4. The number of nitrogens with one attached hydrogen (secondary N) is 2. The number of carbonyl (C=O) groups is 2. The van der Waals surface area contributed by atoms with Crippen molar-refractivity contribution in [1.29, 1.82) is 0 Å². The Balaban J connectivity index is 1.95. The molecule has 0 aromatic heterocycles. The summed E-state index contributed by atoms with van der Waals surface area (Å²) in [5.41, 5.74) is 0.555. The van der Waals surface area contributed by atoms with Crippen LogP contribution in [0, 0.1) is 5.92 Å². The Morgan fingerprint density at radius 3 is 2.17 bits per heavy atom. The van der Waals surface area contributed by atoms with Crippen LogP contribution in [0.2, 0.25) is 0 Å². The van der Waals surface area contributed by atoms with Crippen molar-refractivity contribution in [2.75, 3.05) is 25.5 Å². The highest BCUT2D eigenvalue weighted by Crippen LogP contribution is 2.20. The van der Waals surface area contributed by atoms with Crippen LogP contribution in [0.25, 0.3) is 0 Å². The van der Waals surface area contributed by atoms with E-state index >= 15 is 0 Å². The minimum absolute atomic E-state index is 0.0326. The molecule has 126 valence electrons. The number of anilines is 1. The first kappa shape index (κ1) is 17.4. The lowest BCUT2D eigenvalue weighted by molar-refractivity contribution is -0.132. The molecule has 0 saturated carbocycles. The molecule has 2 amide bonds. The van der Waals surface area contributed by atoms with Crippen LogP contribution in [0.3, 0.4) is 0 Å². The van der Waals surface area contributed by atoms with E-state index in [2.05, 4.69) is 10.0 Å². The number of benzene rings is 1. The maximum absolute atomic E-state index is 12.2. The van der Waals surface area contributed by atoms with Crippen LogP contribution in [-0.4, -0.2) is 45.3 Å². The number of amides is 2. The Morgan fingerprint density at radius 2 is 1.70 bits per heavy atom. The monoisotopic (exact) mass is 339 g/mol. The second kappa shape index (κ2) is 7.10. The number of carbonyl (C=O) groups excluding carboxylic acids is 2. The summed E-state index contributed by atoms with van der Waals surface area (Å²) in [6.07, 6.45) is 1.27. The van der Waals surface area contributed by atoms with Gasteiger partial charge in [0.05, 0.1) is 4.90 Å². The molecule has 1 aliphatic heterocycles. The molecule has 0 atom stereocenters. The molecule has 23 heavy (non-hydrogen) atoms. The van der Waals surface area contributed by atoms with Crippen molar-refractivity contribution in [3.05, 3.63) is 24.3 Å². The van der Waals surface area contributed by atoms with E-state index in [1.807, 2.05) is 0 Å². The molecule has 1 heterocycles. The van der Waals surface area contributed by atoms with Crippen molar-refractivity contribution in [1.82, 2.24) is 9.62 Å². The predicted octanol–water partition coefficient (Wildman–Crippen LogP) is 0.792. The first-order valence-corrected chi connectivity index (χ1v) is 8.92. The molecule has 1 fully saturated rings. The SMILES string of the molecule is CNS(=O)(=O)c1ccc(NC(=O)C2CCN(C(C)=O)CC2)cc1. The van der Waals surface area contributed by atoms with Gasteiger partial charge in [-0.15, -0.1) is 0 Å². The van der Waals surface area contributed by atoms with Gasteiger partial charge in [0, 0.05) is 31.6 Å². The van der Waals surface area contributed by atoms with Crippen molar-refractivity contribution in [3.8, 4) is 0 Å². The molecule has 0 radical (unpaired) electrons. The van der Waals surface area contributed by atoms with E-state index in [4.69, 9.17) is 0 Å². The first-order valence-electron chi connectivity index (χ1n) is 7.43. The van der Waals surface area contributed by atoms with Crippen molar-refractivity contribution in [3.63, 3.8) is 0 Å². The summed E-state index contributed by atoms with van der Waals surface area (Å²) in [5.74, 6) is -0.200. The molecule has 1 aromatic rings. The normalized spacial score (nSPS) is 16.2. The lowest BCUT2D eigenvalue weighted by atomic mass is 9.96. The maximum Gasteiger partial charge on any atom is 0.240 e. The van der Waals surface area contributed by atoms with E-state index in [9.17, 15) is 18.0 Å². The van der Waals surface area contributed by atoms with E-state index in [0.29, 0.717) is 31.6 Å². The number of rotatable bonds is 4. The standard InChI is InChI=1S/C15H21N3O4S/c1-11(19)18-9-7-12(8-10-18)15(20)17-13-3-5-14(6-4-13)23(21,22)16-2/h3-6,12,16H,7-10H2,1-2H3,(H,17,20). The molecule has 2 rings (SSSR count). The highest BCUT2D eigenvalue weighted by atomic mass is 32.2. The molecule has 7 nitrogen and oxygen atoms in total. The Bertz CT molecular complexity index is 677. The fraction of sp³-hybridized carbons (Fsp3) is 0.467. The minimum Gasteiger partial charge on any atom is -0.343 e. The summed E-state index contributed by atoms with van der Waals surface area (Å²) in [6, 6.07) is 6.01. The van der Waals surface area contributed by atoms with Gasteiger partial charge in [0.15, 0.2) is 0 Å². The molecule has 1 aromatic carbocycles. The second-order valence-electron chi connectivity index (χ2n) is 5.50. The molecule has 1 aliphatic rings. The third kappa shape index (κ3) is 4.29. The summed E-state index contributed by atoms with van der Waals surface area (Å²) >= 11 is 0. The van der Waals surface area contributed by atoms with Gasteiger partial charge in [-0.3, -0.25) is 9.59 Å². The fourth-order valence-electron chi connectivity index (χ4n) is 2.54. The van der Waals surface area contributed by atoms with Crippen molar-refractivity contribution < 1.29 is 18.0 Å². The number of piperidine rings is 1. The Labute approximate surface area is 136 Å². The molecular weight excluding hydrogens is 318 g/mol. The molecule has 0 unspecified atom stereocenters. The molecule has 1 saturated heterocycles. The summed E-state index contributed by atoms with van der Waals surface area (Å²) in [4.78, 5) is 25.4. The van der Waals surface area contributed by atoms with Gasteiger partial charge in [0.25, 0.3) is 0 Å². The third-order valence-corrected chi connectivity index (χ3v) is 5.44. The van der Waals surface area contributed by atoms with E-state index in [1.165, 1.54) is 26.1 Å². The Kier molecular flexibility index (Phi) is 5.38. The van der Waals surface area contributed by atoms with Crippen molar-refractivity contribution in [2.45, 2.75) is 24.7 Å². The number of hydrogen-bond donors (Lipinski definition) is 2. The van der Waals surface area contributed by atoms with Crippen LogP contribution >= 0.6 is 0 Å². The van der Waals surface area contributed by atoms with E-state index in [-0.39, 0.29) is 22.6 Å². The molecule has 0 aliphatic carbocycles. The van der Waals surface area contributed by atoms with Gasteiger partial charge < -0.3 is 10.2 Å². The minimum atomic E-state index is -3.48. The largest absolute Gasteiger partial charge is 0.343 e. The molecule has 8 heteroatoms. The molecule has 0 bridgehead atoms. The third-order valence-electron chi connectivity index (χ3n) is 4.01. The zero-order valence-corrected chi connectivity index (χ0v) is 14.0. The summed E-state index contributed by atoms with van der Waals surface area (Å²) in [5, 5.41) is 2.79. The van der Waals surface area contributed by atoms with Crippen LogP contribution in [0.1, 0.15) is 19.8 Å². The fourth-order valence-corrected chi connectivity index (χ4v) is 3.27. The van der Waals surface area contributed by atoms with E-state index in [1.54, 1.807) is 17.0 Å². The van der Waals surface area contributed by atoms with Crippen LogP contribution in [0.4, 0.5) is 5.69 Å². The van der Waals surface area contributed by atoms with Gasteiger partial charge in [-0.05, 0) is 44.2 Å². The molecule has 2 N–H and O–H groups in total. The van der Waals surface area contributed by atoms with Crippen LogP contribution in [-0.2, 0) is 19.6 Å². The van der Waals surface area contributed by atoms with Crippen molar-refractivity contribution >= 4 is 27.5 Å². The Morgan fingerprint density at radius 1 is 1.13 bits per heavy atom. The average Bonchev–Trinajstić information content (AvgIpc) is 2.55.